The lowest BCUT2D eigenvalue weighted by Gasteiger charge is -2.41. The first-order valence-electron chi connectivity index (χ1n) is 13.0. The van der Waals surface area contributed by atoms with E-state index in [4.69, 9.17) is 16.3 Å². The first-order chi connectivity index (χ1) is 19.2. The van der Waals surface area contributed by atoms with Crippen LogP contribution in [0.1, 0.15) is 26.8 Å². The van der Waals surface area contributed by atoms with Crippen LogP contribution in [0.3, 0.4) is 0 Å². The molecule has 0 aliphatic carbocycles. The summed E-state index contributed by atoms with van der Waals surface area (Å²) in [6.45, 7) is 2.71. The van der Waals surface area contributed by atoms with Crippen molar-refractivity contribution in [2.45, 2.75) is 29.6 Å². The van der Waals surface area contributed by atoms with Gasteiger partial charge in [0.15, 0.2) is 5.01 Å². The van der Waals surface area contributed by atoms with E-state index in [1.165, 1.54) is 15.6 Å². The highest BCUT2D eigenvalue weighted by molar-refractivity contribution is 7.91. The van der Waals surface area contributed by atoms with Gasteiger partial charge in [-0.05, 0) is 23.6 Å². The van der Waals surface area contributed by atoms with E-state index in [9.17, 15) is 23.2 Å². The number of hydrogen-bond acceptors (Lipinski definition) is 9. The molecule has 0 bridgehead atoms. The molecule has 0 spiro atoms. The van der Waals surface area contributed by atoms with Crippen molar-refractivity contribution in [2.24, 2.45) is 0 Å². The molecule has 2 fully saturated rings. The van der Waals surface area contributed by atoms with Crippen molar-refractivity contribution in [3.05, 3.63) is 50.1 Å². The molecule has 3 aromatic rings. The molecule has 5 heterocycles. The maximum absolute atomic E-state index is 13.7. The SMILES string of the molecule is O=C(CC1CN(S(=O)(=O)c2cc3ccc(Cl)cc3s2)CCN1C(=O)c1nc2c(s1)C[NH+]([O-])CC2)N1CCOCC1. The largest absolute Gasteiger partial charge is 0.634 e. The van der Waals surface area contributed by atoms with E-state index in [1.54, 1.807) is 34.1 Å². The average molecular weight is 626 g/mol. The fourth-order valence-electron chi connectivity index (χ4n) is 5.32. The molecule has 15 heteroatoms. The number of thiophene rings is 1. The number of carbonyl (C=O) groups excluding carboxylic acids is 2. The number of nitrogens with zero attached hydrogens (tertiary/aromatic N) is 4. The zero-order valence-electron chi connectivity index (χ0n) is 21.5. The predicted molar refractivity (Wildman–Crippen MR) is 151 cm³/mol. The topological polar surface area (TPSA) is 128 Å². The van der Waals surface area contributed by atoms with Crippen molar-refractivity contribution in [2.75, 3.05) is 52.5 Å². The van der Waals surface area contributed by atoms with Crippen molar-refractivity contribution in [1.82, 2.24) is 19.1 Å². The monoisotopic (exact) mass is 625 g/mol. The lowest BCUT2D eigenvalue weighted by atomic mass is 10.1. The van der Waals surface area contributed by atoms with Gasteiger partial charge in [0.2, 0.25) is 5.91 Å². The Balaban J connectivity index is 1.27. The Labute approximate surface area is 244 Å². The van der Waals surface area contributed by atoms with Crippen LogP contribution in [0.25, 0.3) is 10.1 Å². The minimum absolute atomic E-state index is 0.0106. The summed E-state index contributed by atoms with van der Waals surface area (Å²) in [6, 6.07) is 6.21. The quantitative estimate of drug-likeness (QED) is 0.422. The fourth-order valence-corrected chi connectivity index (χ4v) is 9.71. The van der Waals surface area contributed by atoms with E-state index in [-0.39, 0.29) is 58.7 Å². The first-order valence-corrected chi connectivity index (χ1v) is 16.5. The van der Waals surface area contributed by atoms with E-state index in [1.807, 2.05) is 0 Å². The second-order valence-electron chi connectivity index (χ2n) is 10.1. The fraction of sp³-hybridized carbons (Fsp3) is 0.480. The van der Waals surface area contributed by atoms with Gasteiger partial charge >= 0.3 is 0 Å². The number of halogens is 1. The van der Waals surface area contributed by atoms with Crippen LogP contribution in [0.5, 0.6) is 0 Å². The number of sulfonamides is 1. The highest BCUT2D eigenvalue weighted by atomic mass is 35.5. The number of benzene rings is 1. The van der Waals surface area contributed by atoms with Gasteiger partial charge in [0.05, 0.1) is 36.4 Å². The Kier molecular flexibility index (Phi) is 7.87. The summed E-state index contributed by atoms with van der Waals surface area (Å²) in [6.07, 6.45) is 0.507. The number of nitrogens with one attached hydrogen (secondary N) is 1. The Bertz CT molecular complexity index is 1550. The number of piperazine rings is 1. The van der Waals surface area contributed by atoms with Crippen LogP contribution in [0.4, 0.5) is 0 Å². The first kappa shape index (κ1) is 28.0. The minimum atomic E-state index is -3.88. The molecule has 3 aliphatic heterocycles. The van der Waals surface area contributed by atoms with Gasteiger partial charge in [-0.25, -0.2) is 13.4 Å². The Morgan fingerprint density at radius 2 is 1.95 bits per heavy atom. The van der Waals surface area contributed by atoms with Crippen LogP contribution >= 0.6 is 34.3 Å². The Morgan fingerprint density at radius 3 is 2.75 bits per heavy atom. The van der Waals surface area contributed by atoms with E-state index in [0.29, 0.717) is 44.3 Å². The number of hydroxylamine groups is 2. The maximum Gasteiger partial charge on any atom is 0.283 e. The number of carbonyl (C=O) groups is 2. The highest BCUT2D eigenvalue weighted by Gasteiger charge is 2.40. The van der Waals surface area contributed by atoms with Crippen LogP contribution in [-0.4, -0.2) is 97.8 Å². The Morgan fingerprint density at radius 1 is 1.15 bits per heavy atom. The summed E-state index contributed by atoms with van der Waals surface area (Å²) in [5.74, 6) is -0.480. The maximum atomic E-state index is 13.7. The van der Waals surface area contributed by atoms with Crippen LogP contribution in [-0.2, 0) is 32.5 Å². The molecule has 40 heavy (non-hydrogen) atoms. The zero-order valence-corrected chi connectivity index (χ0v) is 24.7. The van der Waals surface area contributed by atoms with E-state index >= 15 is 0 Å². The standard InChI is InChI=1S/C25H28ClN5O6S3/c26-17-2-1-16-11-23(38-20(16)12-17)40(35,36)30-5-6-31(18(14-30)13-22(32)28-7-9-37-10-8-28)25(33)24-27-19-3-4-29(34)15-21(19)39-24/h1-2,11-12,18,29H,3-10,13-15H2. The summed E-state index contributed by atoms with van der Waals surface area (Å²) in [7, 11) is -3.88. The summed E-state index contributed by atoms with van der Waals surface area (Å²) in [5.41, 5.74) is 0.778. The van der Waals surface area contributed by atoms with Gasteiger partial charge in [-0.1, -0.05) is 17.7 Å². The lowest BCUT2D eigenvalue weighted by Crippen LogP contribution is -3.06. The molecule has 1 N–H and O–H groups in total. The smallest absolute Gasteiger partial charge is 0.283 e. The molecule has 3 aliphatic rings. The second kappa shape index (κ2) is 11.2. The van der Waals surface area contributed by atoms with Crippen molar-refractivity contribution in [3.63, 3.8) is 0 Å². The number of ether oxygens (including phenoxy) is 1. The summed E-state index contributed by atoms with van der Waals surface area (Å²) in [4.78, 5) is 35.6. The van der Waals surface area contributed by atoms with Crippen LogP contribution in [0, 0.1) is 5.21 Å². The Hall–Kier alpha value is -2.17. The third kappa shape index (κ3) is 5.51. The van der Waals surface area contributed by atoms with Crippen molar-refractivity contribution < 1.29 is 27.8 Å². The summed E-state index contributed by atoms with van der Waals surface area (Å²) >= 11 is 8.47. The van der Waals surface area contributed by atoms with Gasteiger partial charge in [0.25, 0.3) is 15.9 Å². The zero-order chi connectivity index (χ0) is 28.0. The molecule has 2 amide bonds. The minimum Gasteiger partial charge on any atom is -0.634 e. The third-order valence-corrected chi connectivity index (χ3v) is 12.2. The molecule has 1 aromatic carbocycles. The van der Waals surface area contributed by atoms with Gasteiger partial charge in [-0.15, -0.1) is 22.7 Å². The summed E-state index contributed by atoms with van der Waals surface area (Å²) in [5, 5.41) is 13.6. The van der Waals surface area contributed by atoms with Crippen molar-refractivity contribution in [3.8, 4) is 0 Å². The van der Waals surface area contributed by atoms with Gasteiger partial charge in [-0.3, -0.25) is 9.59 Å². The third-order valence-electron chi connectivity index (χ3n) is 7.49. The van der Waals surface area contributed by atoms with Crippen molar-refractivity contribution in [1.29, 1.82) is 0 Å². The lowest BCUT2D eigenvalue weighted by molar-refractivity contribution is -0.864. The number of hydrogen-bond donors (Lipinski definition) is 1. The molecule has 214 valence electrons. The normalized spacial score (nSPS) is 22.4. The van der Waals surface area contributed by atoms with Crippen LogP contribution in [0.15, 0.2) is 28.5 Å². The van der Waals surface area contributed by atoms with E-state index in [0.717, 1.165) is 32.0 Å². The molecule has 2 unspecified atom stereocenters. The molecular formula is C25H28ClN5O6S3. The van der Waals surface area contributed by atoms with Gasteiger partial charge < -0.3 is 24.8 Å². The van der Waals surface area contributed by atoms with Crippen molar-refractivity contribution >= 4 is 66.2 Å². The average Bonchev–Trinajstić information content (AvgIpc) is 3.57. The van der Waals surface area contributed by atoms with Crippen LogP contribution < -0.4 is 5.06 Å². The second-order valence-corrected chi connectivity index (χ2v) is 14.8. The molecule has 2 saturated heterocycles. The number of quaternary nitrogens is 1. The molecule has 11 nitrogen and oxygen atoms in total. The van der Waals surface area contributed by atoms with Crippen LogP contribution in [0.2, 0.25) is 5.02 Å². The number of aromatic nitrogens is 1. The van der Waals surface area contributed by atoms with E-state index in [2.05, 4.69) is 4.98 Å². The predicted octanol–water partition coefficient (Wildman–Crippen LogP) is 1.21. The van der Waals surface area contributed by atoms with Gasteiger partial charge in [0, 0.05) is 55.3 Å². The number of rotatable bonds is 5. The van der Waals surface area contributed by atoms with E-state index < -0.39 is 16.1 Å². The number of amides is 2. The van der Waals surface area contributed by atoms with Gasteiger partial charge in [-0.2, -0.15) is 4.31 Å². The molecule has 6 rings (SSSR count). The van der Waals surface area contributed by atoms with Gasteiger partial charge in [0.1, 0.15) is 10.8 Å². The molecule has 2 aromatic heterocycles. The number of morpholine rings is 1. The number of fused-ring (bicyclic) bond motifs is 2. The number of thiazole rings is 1. The molecule has 0 saturated carbocycles. The molecule has 0 radical (unpaired) electrons. The highest BCUT2D eigenvalue weighted by Crippen LogP contribution is 2.34. The molecular weight excluding hydrogens is 598 g/mol. The summed E-state index contributed by atoms with van der Waals surface area (Å²) < 4.78 is 35.2. The molecule has 2 atom stereocenters.